The molecule has 3 aromatic rings. The first kappa shape index (κ1) is 13.3. The van der Waals surface area contributed by atoms with Gasteiger partial charge in [0.2, 0.25) is 0 Å². The molecule has 1 aliphatic carbocycles. The Morgan fingerprint density at radius 2 is 2.09 bits per heavy atom. The lowest BCUT2D eigenvalue weighted by atomic mass is 10.1. The molecule has 110 valence electrons. The van der Waals surface area contributed by atoms with E-state index in [1.165, 1.54) is 5.56 Å². The van der Waals surface area contributed by atoms with Crippen LogP contribution in [0.5, 0.6) is 0 Å². The van der Waals surface area contributed by atoms with Crippen LogP contribution in [0.3, 0.4) is 0 Å². The molecular formula is C17H14N2O2S. The fourth-order valence-corrected chi connectivity index (χ4v) is 3.26. The number of nitrogens with zero attached hydrogens (tertiary/aromatic N) is 1. The van der Waals surface area contributed by atoms with E-state index in [-0.39, 0.29) is 11.9 Å². The second-order valence-electron chi connectivity index (χ2n) is 5.39. The molecule has 1 saturated carbocycles. The van der Waals surface area contributed by atoms with Crippen molar-refractivity contribution in [2.45, 2.75) is 18.4 Å². The quantitative estimate of drug-likeness (QED) is 0.799. The molecule has 1 fully saturated rings. The van der Waals surface area contributed by atoms with Crippen LogP contribution in [0, 0.1) is 0 Å². The van der Waals surface area contributed by atoms with Gasteiger partial charge in [-0.15, -0.1) is 11.3 Å². The number of rotatable bonds is 4. The molecule has 0 saturated heterocycles. The SMILES string of the molecule is O=C(NC1C[C@H]1c1ccccc1)c1cc(-c2cccs2)on1. The molecule has 4 nitrogen and oxygen atoms in total. The van der Waals surface area contributed by atoms with E-state index in [0.29, 0.717) is 17.4 Å². The van der Waals surface area contributed by atoms with E-state index in [4.69, 9.17) is 4.52 Å². The topological polar surface area (TPSA) is 55.1 Å². The molecule has 5 heteroatoms. The third kappa shape index (κ3) is 2.55. The first-order valence-electron chi connectivity index (χ1n) is 7.17. The summed E-state index contributed by atoms with van der Waals surface area (Å²) in [6.45, 7) is 0. The van der Waals surface area contributed by atoms with E-state index < -0.39 is 0 Å². The largest absolute Gasteiger partial charge is 0.355 e. The lowest BCUT2D eigenvalue weighted by Crippen LogP contribution is -2.26. The Kier molecular flexibility index (Phi) is 3.27. The number of carbonyl (C=O) groups is 1. The summed E-state index contributed by atoms with van der Waals surface area (Å²) < 4.78 is 5.24. The minimum absolute atomic E-state index is 0.171. The first-order valence-corrected chi connectivity index (χ1v) is 8.05. The van der Waals surface area contributed by atoms with Crippen molar-refractivity contribution >= 4 is 17.2 Å². The van der Waals surface area contributed by atoms with E-state index in [1.807, 2.05) is 35.7 Å². The van der Waals surface area contributed by atoms with Crippen LogP contribution in [0.25, 0.3) is 10.6 Å². The van der Waals surface area contributed by atoms with Crippen LogP contribution in [0.2, 0.25) is 0 Å². The zero-order valence-corrected chi connectivity index (χ0v) is 12.5. The minimum Gasteiger partial charge on any atom is -0.355 e. The second-order valence-corrected chi connectivity index (χ2v) is 6.33. The lowest BCUT2D eigenvalue weighted by Gasteiger charge is -2.02. The molecule has 0 radical (unpaired) electrons. The number of nitrogens with one attached hydrogen (secondary N) is 1. The summed E-state index contributed by atoms with van der Waals surface area (Å²) >= 11 is 1.56. The van der Waals surface area contributed by atoms with Gasteiger partial charge in [0.25, 0.3) is 5.91 Å². The Morgan fingerprint density at radius 1 is 1.23 bits per heavy atom. The maximum Gasteiger partial charge on any atom is 0.273 e. The molecule has 2 aromatic heterocycles. The van der Waals surface area contributed by atoms with Crippen molar-refractivity contribution in [2.75, 3.05) is 0 Å². The van der Waals surface area contributed by atoms with Gasteiger partial charge in [-0.2, -0.15) is 0 Å². The van der Waals surface area contributed by atoms with Crippen LogP contribution in [0.4, 0.5) is 0 Å². The monoisotopic (exact) mass is 310 g/mol. The number of benzene rings is 1. The fraction of sp³-hybridized carbons (Fsp3) is 0.176. The van der Waals surface area contributed by atoms with Crippen LogP contribution < -0.4 is 5.32 Å². The van der Waals surface area contributed by atoms with E-state index >= 15 is 0 Å². The summed E-state index contributed by atoms with van der Waals surface area (Å²) in [5.41, 5.74) is 1.61. The van der Waals surface area contributed by atoms with Gasteiger partial charge in [0.05, 0.1) is 4.88 Å². The van der Waals surface area contributed by atoms with E-state index in [9.17, 15) is 4.79 Å². The summed E-state index contributed by atoms with van der Waals surface area (Å²) in [5.74, 6) is 0.874. The maximum absolute atomic E-state index is 12.2. The van der Waals surface area contributed by atoms with Crippen molar-refractivity contribution in [3.63, 3.8) is 0 Å². The number of amides is 1. The molecule has 2 atom stereocenters. The molecule has 1 aromatic carbocycles. The Bertz CT molecular complexity index is 780. The van der Waals surface area contributed by atoms with Crippen molar-refractivity contribution in [3.8, 4) is 10.6 Å². The number of thiophene rings is 1. The van der Waals surface area contributed by atoms with E-state index in [2.05, 4.69) is 22.6 Å². The van der Waals surface area contributed by atoms with Gasteiger partial charge in [0, 0.05) is 18.0 Å². The first-order chi connectivity index (χ1) is 10.8. The number of hydrogen-bond acceptors (Lipinski definition) is 4. The molecule has 1 amide bonds. The van der Waals surface area contributed by atoms with Gasteiger partial charge in [0.1, 0.15) is 0 Å². The highest BCUT2D eigenvalue weighted by Crippen LogP contribution is 2.40. The standard InChI is InChI=1S/C17H14N2O2S/c20-17(14-10-15(21-19-14)16-7-4-8-22-16)18-13-9-12(13)11-5-2-1-3-6-11/h1-8,10,12-13H,9H2,(H,18,20)/t12-,13?/m0/s1. The maximum atomic E-state index is 12.2. The zero-order chi connectivity index (χ0) is 14.9. The van der Waals surface area contributed by atoms with E-state index in [0.717, 1.165) is 11.3 Å². The lowest BCUT2D eigenvalue weighted by molar-refractivity contribution is 0.0941. The van der Waals surface area contributed by atoms with Gasteiger partial charge in [-0.05, 0) is 23.4 Å². The van der Waals surface area contributed by atoms with Gasteiger partial charge < -0.3 is 9.84 Å². The van der Waals surface area contributed by atoms with Gasteiger partial charge in [-0.25, -0.2) is 0 Å². The molecular weight excluding hydrogens is 296 g/mol. The molecule has 1 aliphatic rings. The normalized spacial score (nSPS) is 19.8. The summed E-state index contributed by atoms with van der Waals surface area (Å²) in [7, 11) is 0. The Labute approximate surface area is 131 Å². The highest BCUT2D eigenvalue weighted by atomic mass is 32.1. The molecule has 1 unspecified atom stereocenters. The molecule has 0 bridgehead atoms. The Hall–Kier alpha value is -2.40. The summed E-state index contributed by atoms with van der Waals surface area (Å²) in [6.07, 6.45) is 0.978. The fourth-order valence-electron chi connectivity index (χ4n) is 2.58. The van der Waals surface area contributed by atoms with Crippen molar-refractivity contribution in [1.82, 2.24) is 10.5 Å². The van der Waals surface area contributed by atoms with Crippen molar-refractivity contribution < 1.29 is 9.32 Å². The van der Waals surface area contributed by atoms with Crippen LogP contribution in [-0.4, -0.2) is 17.1 Å². The average Bonchev–Trinajstić information content (AvgIpc) is 2.99. The molecule has 4 rings (SSSR count). The predicted octanol–water partition coefficient (Wildman–Crippen LogP) is 3.69. The summed E-state index contributed by atoms with van der Waals surface area (Å²) in [6, 6.07) is 16.0. The second kappa shape index (κ2) is 5.42. The number of aromatic nitrogens is 1. The molecule has 0 spiro atoms. The van der Waals surface area contributed by atoms with Crippen molar-refractivity contribution in [3.05, 3.63) is 65.2 Å². The number of hydrogen-bond donors (Lipinski definition) is 1. The third-order valence-corrected chi connectivity index (χ3v) is 4.73. The highest BCUT2D eigenvalue weighted by molar-refractivity contribution is 7.13. The third-order valence-electron chi connectivity index (χ3n) is 3.84. The highest BCUT2D eigenvalue weighted by Gasteiger charge is 2.39. The van der Waals surface area contributed by atoms with Gasteiger partial charge in [0.15, 0.2) is 11.5 Å². The molecule has 1 N–H and O–H groups in total. The van der Waals surface area contributed by atoms with Crippen molar-refractivity contribution in [1.29, 1.82) is 0 Å². The summed E-state index contributed by atoms with van der Waals surface area (Å²) in [5, 5.41) is 8.85. The van der Waals surface area contributed by atoms with Crippen molar-refractivity contribution in [2.24, 2.45) is 0 Å². The van der Waals surface area contributed by atoms with Crippen LogP contribution in [-0.2, 0) is 0 Å². The molecule has 0 aliphatic heterocycles. The van der Waals surface area contributed by atoms with Crippen LogP contribution >= 0.6 is 11.3 Å². The van der Waals surface area contributed by atoms with Gasteiger partial charge >= 0.3 is 0 Å². The zero-order valence-electron chi connectivity index (χ0n) is 11.7. The van der Waals surface area contributed by atoms with Gasteiger partial charge in [-0.1, -0.05) is 41.6 Å². The average molecular weight is 310 g/mol. The molecule has 2 heterocycles. The number of carbonyl (C=O) groups excluding carboxylic acids is 1. The predicted molar refractivity (Wildman–Crippen MR) is 84.9 cm³/mol. The van der Waals surface area contributed by atoms with Crippen LogP contribution in [0.15, 0.2) is 58.4 Å². The smallest absolute Gasteiger partial charge is 0.273 e. The Balaban J connectivity index is 1.41. The van der Waals surface area contributed by atoms with E-state index in [1.54, 1.807) is 17.4 Å². The van der Waals surface area contributed by atoms with Gasteiger partial charge in [-0.3, -0.25) is 4.79 Å². The minimum atomic E-state index is -0.171. The van der Waals surface area contributed by atoms with Crippen LogP contribution in [0.1, 0.15) is 28.4 Å². The Morgan fingerprint density at radius 3 is 2.86 bits per heavy atom. The summed E-state index contributed by atoms with van der Waals surface area (Å²) in [4.78, 5) is 13.2. The molecule has 22 heavy (non-hydrogen) atoms.